The van der Waals surface area contributed by atoms with Crippen molar-refractivity contribution < 1.29 is 0 Å². The van der Waals surface area contributed by atoms with E-state index in [9.17, 15) is 4.79 Å². The van der Waals surface area contributed by atoms with E-state index in [2.05, 4.69) is 27.0 Å². The van der Waals surface area contributed by atoms with Crippen LogP contribution in [0.3, 0.4) is 0 Å². The minimum absolute atomic E-state index is 0.102. The van der Waals surface area contributed by atoms with E-state index in [4.69, 9.17) is 11.6 Å². The molecule has 1 aromatic heterocycles. The molecule has 1 aliphatic rings. The Morgan fingerprint density at radius 1 is 1.32 bits per heavy atom. The molecule has 0 atom stereocenters. The average molecular weight is 276 g/mol. The monoisotopic (exact) mass is 275 g/mol. The summed E-state index contributed by atoms with van der Waals surface area (Å²) >= 11 is 5.80. The lowest BCUT2D eigenvalue weighted by Crippen LogP contribution is -2.34. The highest BCUT2D eigenvalue weighted by atomic mass is 35.5. The highest BCUT2D eigenvalue weighted by Gasteiger charge is 2.20. The molecule has 98 valence electrons. The van der Waals surface area contributed by atoms with E-state index >= 15 is 0 Å². The van der Waals surface area contributed by atoms with Gasteiger partial charge in [-0.15, -0.1) is 0 Å². The summed E-state index contributed by atoms with van der Waals surface area (Å²) in [4.78, 5) is 20.8. The van der Waals surface area contributed by atoms with E-state index in [-0.39, 0.29) is 10.8 Å². The standard InChI is InChI=1S/C14H14ClN3O/c15-14-16-12-9-18(7-6-11(12)13(19)17-14)8-10-4-2-1-3-5-10/h1-5H,6-9H2,(H,16,17,19). The third-order valence-corrected chi connectivity index (χ3v) is 3.55. The number of nitrogens with one attached hydrogen (secondary N) is 1. The Bertz CT molecular complexity index is 639. The number of benzene rings is 1. The number of fused-ring (bicyclic) bond motifs is 1. The Balaban J connectivity index is 1.81. The molecule has 0 aliphatic carbocycles. The molecule has 1 N–H and O–H groups in total. The number of rotatable bonds is 2. The summed E-state index contributed by atoms with van der Waals surface area (Å²) < 4.78 is 0. The first-order valence-electron chi connectivity index (χ1n) is 6.26. The highest BCUT2D eigenvalue weighted by molar-refractivity contribution is 6.28. The molecule has 19 heavy (non-hydrogen) atoms. The number of nitrogens with zero attached hydrogens (tertiary/aromatic N) is 2. The molecule has 0 amide bonds. The predicted molar refractivity (Wildman–Crippen MR) is 74.1 cm³/mol. The average Bonchev–Trinajstić information content (AvgIpc) is 2.39. The van der Waals surface area contributed by atoms with Crippen LogP contribution in [0.4, 0.5) is 0 Å². The zero-order chi connectivity index (χ0) is 13.2. The van der Waals surface area contributed by atoms with Crippen molar-refractivity contribution in [2.45, 2.75) is 19.5 Å². The first kappa shape index (κ1) is 12.4. The molecule has 0 bridgehead atoms. The number of aromatic nitrogens is 2. The van der Waals surface area contributed by atoms with Gasteiger partial charge in [-0.1, -0.05) is 30.3 Å². The Kier molecular flexibility index (Phi) is 3.36. The van der Waals surface area contributed by atoms with Crippen LogP contribution in [0.25, 0.3) is 0 Å². The Labute approximate surface area is 116 Å². The molecule has 5 heteroatoms. The Morgan fingerprint density at radius 3 is 2.89 bits per heavy atom. The van der Waals surface area contributed by atoms with Crippen molar-refractivity contribution in [3.05, 3.63) is 62.8 Å². The Morgan fingerprint density at radius 2 is 2.11 bits per heavy atom. The molecule has 4 nitrogen and oxygen atoms in total. The lowest BCUT2D eigenvalue weighted by Gasteiger charge is -2.27. The molecular formula is C14H14ClN3O. The van der Waals surface area contributed by atoms with Gasteiger partial charge in [0.2, 0.25) is 5.28 Å². The van der Waals surface area contributed by atoms with E-state index in [0.717, 1.165) is 30.8 Å². The van der Waals surface area contributed by atoms with Gasteiger partial charge in [-0.2, -0.15) is 0 Å². The van der Waals surface area contributed by atoms with Crippen LogP contribution in [-0.4, -0.2) is 21.4 Å². The van der Waals surface area contributed by atoms with Crippen LogP contribution in [0.5, 0.6) is 0 Å². The first-order chi connectivity index (χ1) is 9.22. The zero-order valence-corrected chi connectivity index (χ0v) is 11.2. The first-order valence-corrected chi connectivity index (χ1v) is 6.64. The molecule has 0 radical (unpaired) electrons. The van der Waals surface area contributed by atoms with E-state index < -0.39 is 0 Å². The van der Waals surface area contributed by atoms with Crippen molar-refractivity contribution in [1.82, 2.24) is 14.9 Å². The van der Waals surface area contributed by atoms with Crippen molar-refractivity contribution in [2.24, 2.45) is 0 Å². The molecule has 2 aromatic rings. The summed E-state index contributed by atoms with van der Waals surface area (Å²) in [5, 5.41) is 0.172. The fourth-order valence-electron chi connectivity index (χ4n) is 2.44. The van der Waals surface area contributed by atoms with Gasteiger partial charge in [-0.3, -0.25) is 14.7 Å². The second kappa shape index (κ2) is 5.15. The third kappa shape index (κ3) is 2.69. The van der Waals surface area contributed by atoms with Crippen molar-refractivity contribution >= 4 is 11.6 Å². The summed E-state index contributed by atoms with van der Waals surface area (Å²) in [6, 6.07) is 10.3. The predicted octanol–water partition coefficient (Wildman–Crippen LogP) is 1.98. The van der Waals surface area contributed by atoms with Crippen LogP contribution in [0.1, 0.15) is 16.8 Å². The van der Waals surface area contributed by atoms with Gasteiger partial charge in [0.1, 0.15) is 0 Å². The van der Waals surface area contributed by atoms with Crippen molar-refractivity contribution in [3.8, 4) is 0 Å². The number of halogens is 1. The van der Waals surface area contributed by atoms with E-state index in [1.807, 2.05) is 18.2 Å². The number of H-pyrrole nitrogens is 1. The van der Waals surface area contributed by atoms with E-state index in [1.165, 1.54) is 5.56 Å². The molecular weight excluding hydrogens is 262 g/mol. The van der Waals surface area contributed by atoms with E-state index in [1.54, 1.807) is 0 Å². The van der Waals surface area contributed by atoms with Crippen molar-refractivity contribution in [3.63, 3.8) is 0 Å². The minimum atomic E-state index is -0.102. The van der Waals surface area contributed by atoms with Crippen molar-refractivity contribution in [2.75, 3.05) is 6.54 Å². The van der Waals surface area contributed by atoms with Gasteiger partial charge in [0.15, 0.2) is 0 Å². The molecule has 2 heterocycles. The second-order valence-electron chi connectivity index (χ2n) is 4.73. The molecule has 1 aliphatic heterocycles. The van der Waals surface area contributed by atoms with Crippen LogP contribution < -0.4 is 5.56 Å². The van der Waals surface area contributed by atoms with Gasteiger partial charge < -0.3 is 0 Å². The maximum atomic E-state index is 11.8. The molecule has 3 rings (SSSR count). The fourth-order valence-corrected chi connectivity index (χ4v) is 2.63. The molecule has 0 unspecified atom stereocenters. The highest BCUT2D eigenvalue weighted by Crippen LogP contribution is 2.17. The maximum absolute atomic E-state index is 11.8. The lowest BCUT2D eigenvalue weighted by atomic mass is 10.1. The van der Waals surface area contributed by atoms with Gasteiger partial charge >= 0.3 is 0 Å². The largest absolute Gasteiger partial charge is 0.297 e. The maximum Gasteiger partial charge on any atom is 0.255 e. The zero-order valence-electron chi connectivity index (χ0n) is 10.4. The summed E-state index contributed by atoms with van der Waals surface area (Å²) in [7, 11) is 0. The fraction of sp³-hybridized carbons (Fsp3) is 0.286. The van der Waals surface area contributed by atoms with E-state index in [0.29, 0.717) is 6.54 Å². The van der Waals surface area contributed by atoms with Crippen LogP contribution in [0.15, 0.2) is 35.1 Å². The van der Waals surface area contributed by atoms with Crippen LogP contribution in [0.2, 0.25) is 5.28 Å². The summed E-state index contributed by atoms with van der Waals surface area (Å²) in [6.07, 6.45) is 0.724. The van der Waals surface area contributed by atoms with Gasteiger partial charge in [0.05, 0.1) is 5.69 Å². The van der Waals surface area contributed by atoms with Crippen molar-refractivity contribution in [1.29, 1.82) is 0 Å². The summed E-state index contributed by atoms with van der Waals surface area (Å²) in [5.41, 5.74) is 2.74. The van der Waals surface area contributed by atoms with Gasteiger partial charge in [0, 0.05) is 25.2 Å². The smallest absolute Gasteiger partial charge is 0.255 e. The summed E-state index contributed by atoms with van der Waals surface area (Å²) in [5.74, 6) is 0. The lowest BCUT2D eigenvalue weighted by molar-refractivity contribution is 0.240. The molecule has 1 aromatic carbocycles. The number of hydrogen-bond acceptors (Lipinski definition) is 3. The quantitative estimate of drug-likeness (QED) is 0.853. The minimum Gasteiger partial charge on any atom is -0.297 e. The number of aromatic amines is 1. The number of hydrogen-bond donors (Lipinski definition) is 1. The third-order valence-electron chi connectivity index (χ3n) is 3.37. The topological polar surface area (TPSA) is 49.0 Å². The van der Waals surface area contributed by atoms with Gasteiger partial charge in [0.25, 0.3) is 5.56 Å². The van der Waals surface area contributed by atoms with Gasteiger partial charge in [-0.25, -0.2) is 4.98 Å². The summed E-state index contributed by atoms with van der Waals surface area (Å²) in [6.45, 7) is 2.41. The molecule has 0 spiro atoms. The molecule has 0 saturated carbocycles. The Hall–Kier alpha value is -1.65. The normalized spacial score (nSPS) is 15.2. The van der Waals surface area contributed by atoms with Crippen LogP contribution >= 0.6 is 11.6 Å². The second-order valence-corrected chi connectivity index (χ2v) is 5.09. The SMILES string of the molecule is O=c1[nH]c(Cl)nc2c1CCN(Cc1ccccc1)C2. The van der Waals surface area contributed by atoms with Crippen LogP contribution in [0, 0.1) is 0 Å². The molecule has 0 fully saturated rings. The van der Waals surface area contributed by atoms with Crippen LogP contribution in [-0.2, 0) is 19.5 Å². The molecule has 0 saturated heterocycles. The van der Waals surface area contributed by atoms with Gasteiger partial charge in [-0.05, 0) is 23.6 Å².